The second-order valence-corrected chi connectivity index (χ2v) is 3.85. The Morgan fingerprint density at radius 2 is 2.11 bits per heavy atom. The van der Waals surface area contributed by atoms with Crippen molar-refractivity contribution in [3.05, 3.63) is 41.2 Å². The van der Waals surface area contributed by atoms with E-state index in [9.17, 15) is 9.59 Å². The van der Waals surface area contributed by atoms with Crippen LogP contribution in [0.5, 0.6) is 0 Å². The summed E-state index contributed by atoms with van der Waals surface area (Å²) in [6, 6.07) is 5.34. The fraction of sp³-hybridized carbons (Fsp3) is 0.182. The predicted molar refractivity (Wildman–Crippen MR) is 63.5 cm³/mol. The number of aromatic amines is 1. The Morgan fingerprint density at radius 3 is 2.74 bits per heavy atom. The van der Waals surface area contributed by atoms with Gasteiger partial charge >= 0.3 is 5.97 Å². The van der Waals surface area contributed by atoms with Crippen LogP contribution >= 0.6 is 0 Å². The van der Waals surface area contributed by atoms with Crippen molar-refractivity contribution in [3.63, 3.8) is 0 Å². The minimum Gasteiger partial charge on any atom is -0.478 e. The summed E-state index contributed by atoms with van der Waals surface area (Å²) in [7, 11) is 0. The third-order valence-corrected chi connectivity index (χ3v) is 2.47. The Bertz CT molecular complexity index is 596. The van der Waals surface area contributed by atoms with Crippen molar-refractivity contribution in [2.75, 3.05) is 0 Å². The first-order valence-corrected chi connectivity index (χ1v) is 5.45. The van der Waals surface area contributed by atoms with Gasteiger partial charge in [0, 0.05) is 5.56 Å². The van der Waals surface area contributed by atoms with Gasteiger partial charge in [-0.25, -0.2) is 4.79 Å². The SMILES string of the molecule is CC(NC(=O)c1cccc(C(=O)O)c1)c1nn[nH]n1. The molecule has 0 saturated carbocycles. The highest BCUT2D eigenvalue weighted by Gasteiger charge is 2.15. The smallest absolute Gasteiger partial charge is 0.335 e. The van der Waals surface area contributed by atoms with E-state index in [-0.39, 0.29) is 11.1 Å². The number of nitrogens with zero attached hydrogens (tertiary/aromatic N) is 3. The third-order valence-electron chi connectivity index (χ3n) is 2.47. The maximum Gasteiger partial charge on any atom is 0.335 e. The fourth-order valence-corrected chi connectivity index (χ4v) is 1.49. The highest BCUT2D eigenvalue weighted by Crippen LogP contribution is 2.09. The van der Waals surface area contributed by atoms with Crippen LogP contribution in [0.3, 0.4) is 0 Å². The van der Waals surface area contributed by atoms with Gasteiger partial charge in [-0.1, -0.05) is 11.3 Å². The number of carboxylic acid groups (broad SMARTS) is 1. The summed E-state index contributed by atoms with van der Waals surface area (Å²) in [5.41, 5.74) is 0.315. The molecule has 0 aliphatic rings. The molecule has 1 heterocycles. The van der Waals surface area contributed by atoms with Crippen molar-refractivity contribution in [2.45, 2.75) is 13.0 Å². The summed E-state index contributed by atoms with van der Waals surface area (Å²) in [5, 5.41) is 24.7. The van der Waals surface area contributed by atoms with Crippen LogP contribution in [0, 0.1) is 0 Å². The summed E-state index contributed by atoms with van der Waals surface area (Å²) >= 11 is 0. The van der Waals surface area contributed by atoms with Crippen LogP contribution in [-0.4, -0.2) is 37.6 Å². The van der Waals surface area contributed by atoms with Crippen molar-refractivity contribution in [1.82, 2.24) is 25.9 Å². The van der Waals surface area contributed by atoms with Crippen LogP contribution < -0.4 is 5.32 Å². The zero-order chi connectivity index (χ0) is 13.8. The van der Waals surface area contributed by atoms with Crippen LogP contribution in [0.1, 0.15) is 39.5 Å². The molecule has 0 saturated heterocycles. The second-order valence-electron chi connectivity index (χ2n) is 3.85. The van der Waals surface area contributed by atoms with Crippen molar-refractivity contribution < 1.29 is 14.7 Å². The number of nitrogens with one attached hydrogen (secondary N) is 2. The lowest BCUT2D eigenvalue weighted by Crippen LogP contribution is -2.27. The Hall–Kier alpha value is -2.77. The number of aromatic carboxylic acids is 1. The lowest BCUT2D eigenvalue weighted by molar-refractivity contribution is 0.0697. The summed E-state index contributed by atoms with van der Waals surface area (Å²) in [4.78, 5) is 22.8. The largest absolute Gasteiger partial charge is 0.478 e. The van der Waals surface area contributed by atoms with Crippen molar-refractivity contribution in [1.29, 1.82) is 0 Å². The number of tetrazole rings is 1. The predicted octanol–water partition coefficient (Wildman–Crippen LogP) is 0.389. The molecule has 2 aromatic rings. The number of hydrogen-bond donors (Lipinski definition) is 3. The quantitative estimate of drug-likeness (QED) is 0.732. The van der Waals surface area contributed by atoms with Crippen LogP contribution in [-0.2, 0) is 0 Å². The number of benzene rings is 1. The van der Waals surface area contributed by atoms with E-state index in [0.29, 0.717) is 5.82 Å². The zero-order valence-electron chi connectivity index (χ0n) is 9.99. The average molecular weight is 261 g/mol. The van der Waals surface area contributed by atoms with Gasteiger partial charge < -0.3 is 10.4 Å². The van der Waals surface area contributed by atoms with E-state index >= 15 is 0 Å². The van der Waals surface area contributed by atoms with Gasteiger partial charge in [-0.3, -0.25) is 4.79 Å². The zero-order valence-corrected chi connectivity index (χ0v) is 9.99. The van der Waals surface area contributed by atoms with Gasteiger partial charge in [0.15, 0.2) is 5.82 Å². The van der Waals surface area contributed by atoms with Crippen LogP contribution in [0.4, 0.5) is 0 Å². The molecule has 1 aromatic carbocycles. The molecular formula is C11H11N5O3. The minimum absolute atomic E-state index is 0.0554. The Kier molecular flexibility index (Phi) is 3.51. The molecule has 2 rings (SSSR count). The van der Waals surface area contributed by atoms with Gasteiger partial charge in [-0.15, -0.1) is 10.2 Å². The monoisotopic (exact) mass is 261 g/mol. The maximum absolute atomic E-state index is 11.9. The second kappa shape index (κ2) is 5.25. The molecule has 0 fully saturated rings. The van der Waals surface area contributed by atoms with Gasteiger partial charge in [0.2, 0.25) is 0 Å². The van der Waals surface area contributed by atoms with E-state index in [1.54, 1.807) is 6.92 Å². The molecule has 1 amide bonds. The first-order chi connectivity index (χ1) is 9.08. The van der Waals surface area contributed by atoms with Crippen LogP contribution in [0.2, 0.25) is 0 Å². The van der Waals surface area contributed by atoms with E-state index < -0.39 is 17.9 Å². The van der Waals surface area contributed by atoms with Crippen molar-refractivity contribution in [2.24, 2.45) is 0 Å². The highest BCUT2D eigenvalue weighted by atomic mass is 16.4. The van der Waals surface area contributed by atoms with E-state index in [4.69, 9.17) is 5.11 Å². The third kappa shape index (κ3) is 2.92. The molecule has 1 aromatic heterocycles. The maximum atomic E-state index is 11.9. The van der Waals surface area contributed by atoms with Crippen molar-refractivity contribution in [3.8, 4) is 0 Å². The van der Waals surface area contributed by atoms with Crippen molar-refractivity contribution >= 4 is 11.9 Å². The molecule has 1 unspecified atom stereocenters. The van der Waals surface area contributed by atoms with Crippen LogP contribution in [0.25, 0.3) is 0 Å². The molecule has 8 nitrogen and oxygen atoms in total. The number of rotatable bonds is 4. The number of aromatic nitrogens is 4. The highest BCUT2D eigenvalue weighted by molar-refractivity contribution is 5.97. The molecule has 3 N–H and O–H groups in total. The fourth-order valence-electron chi connectivity index (χ4n) is 1.49. The van der Waals surface area contributed by atoms with E-state index in [1.807, 2.05) is 0 Å². The lowest BCUT2D eigenvalue weighted by atomic mass is 10.1. The first-order valence-electron chi connectivity index (χ1n) is 5.45. The molecule has 98 valence electrons. The van der Waals surface area contributed by atoms with E-state index in [1.165, 1.54) is 24.3 Å². The summed E-state index contributed by atoms with van der Waals surface area (Å²) in [5.74, 6) is -1.14. The standard InChI is InChI=1S/C11H11N5O3/c1-6(9-13-15-16-14-9)12-10(17)7-3-2-4-8(5-7)11(18)19/h2-6H,1H3,(H,12,17)(H,18,19)(H,13,14,15,16). The molecule has 0 radical (unpaired) electrons. The number of carbonyl (C=O) groups is 2. The average Bonchev–Trinajstić information content (AvgIpc) is 2.92. The molecule has 0 spiro atoms. The van der Waals surface area contributed by atoms with E-state index in [2.05, 4.69) is 25.9 Å². The Balaban J connectivity index is 2.12. The lowest BCUT2D eigenvalue weighted by Gasteiger charge is -2.10. The molecule has 0 aliphatic carbocycles. The molecule has 8 heteroatoms. The number of hydrogen-bond acceptors (Lipinski definition) is 5. The molecule has 0 bridgehead atoms. The Morgan fingerprint density at radius 1 is 1.37 bits per heavy atom. The van der Waals surface area contributed by atoms with Crippen LogP contribution in [0.15, 0.2) is 24.3 Å². The summed E-state index contributed by atoms with van der Waals surface area (Å²) in [6.07, 6.45) is 0. The summed E-state index contributed by atoms with van der Waals surface area (Å²) in [6.45, 7) is 1.70. The number of amides is 1. The molecule has 1 atom stereocenters. The topological polar surface area (TPSA) is 121 Å². The Labute approximate surface area is 107 Å². The van der Waals surface area contributed by atoms with Gasteiger partial charge in [0.1, 0.15) is 0 Å². The van der Waals surface area contributed by atoms with Gasteiger partial charge in [-0.05, 0) is 25.1 Å². The molecular weight excluding hydrogens is 250 g/mol. The van der Waals surface area contributed by atoms with Gasteiger partial charge in [0.25, 0.3) is 5.91 Å². The minimum atomic E-state index is -1.08. The molecule has 19 heavy (non-hydrogen) atoms. The summed E-state index contributed by atoms with van der Waals surface area (Å²) < 4.78 is 0. The normalized spacial score (nSPS) is 11.8. The number of carboxylic acids is 1. The molecule has 0 aliphatic heterocycles. The first kappa shape index (κ1) is 12.7. The van der Waals surface area contributed by atoms with Gasteiger partial charge in [0.05, 0.1) is 11.6 Å². The van der Waals surface area contributed by atoms with Gasteiger partial charge in [-0.2, -0.15) is 5.21 Å². The number of carbonyl (C=O) groups excluding carboxylic acids is 1. The number of H-pyrrole nitrogens is 1. The van der Waals surface area contributed by atoms with E-state index in [0.717, 1.165) is 0 Å².